The number of halogens is 1. The van der Waals surface area contributed by atoms with Crippen LogP contribution in [0.4, 0.5) is 0 Å². The molecule has 1 N–H and O–H groups in total. The van der Waals surface area contributed by atoms with Gasteiger partial charge in [0.25, 0.3) is 0 Å². The molecule has 1 atom stereocenters. The predicted octanol–water partition coefficient (Wildman–Crippen LogP) is 2.96. The molecule has 1 aromatic carbocycles. The van der Waals surface area contributed by atoms with Gasteiger partial charge in [0.15, 0.2) is 0 Å². The van der Waals surface area contributed by atoms with Gasteiger partial charge in [0.05, 0.1) is 23.1 Å². The maximum Gasteiger partial charge on any atom is 0.117 e. The molecule has 0 bridgehead atoms. The lowest BCUT2D eigenvalue weighted by atomic mass is 10.4. The Hall–Kier alpha value is -1.10. The third kappa shape index (κ3) is 3.45. The van der Waals surface area contributed by atoms with Gasteiger partial charge in [-0.2, -0.15) is 0 Å². The molecule has 0 saturated heterocycles. The summed E-state index contributed by atoms with van der Waals surface area (Å²) >= 11 is 5.87. The van der Waals surface area contributed by atoms with Gasteiger partial charge >= 0.3 is 0 Å². The molecule has 0 aliphatic carbocycles. The van der Waals surface area contributed by atoms with E-state index in [9.17, 15) is 4.21 Å². The first-order valence-electron chi connectivity index (χ1n) is 5.55. The first-order chi connectivity index (χ1) is 8.69. The summed E-state index contributed by atoms with van der Waals surface area (Å²) in [6.07, 6.45) is 0. The molecule has 0 saturated carbocycles. The number of hydrogen-bond acceptors (Lipinski definition) is 3. The quantitative estimate of drug-likeness (QED) is 0.917. The molecular weight excluding hydrogens is 270 g/mol. The summed E-state index contributed by atoms with van der Waals surface area (Å²) in [4.78, 5) is 0.717. The van der Waals surface area contributed by atoms with Gasteiger partial charge < -0.3 is 9.73 Å². The maximum atomic E-state index is 12.1. The van der Waals surface area contributed by atoms with Gasteiger partial charge in [-0.1, -0.05) is 17.7 Å². The van der Waals surface area contributed by atoms with Crippen molar-refractivity contribution in [3.05, 3.63) is 52.9 Å². The molecule has 0 aliphatic rings. The fourth-order valence-electron chi connectivity index (χ4n) is 1.59. The third-order valence-electron chi connectivity index (χ3n) is 2.40. The lowest BCUT2D eigenvalue weighted by Gasteiger charge is -2.01. The molecule has 96 valence electrons. The van der Waals surface area contributed by atoms with Crippen LogP contribution in [0.1, 0.15) is 11.5 Å². The number of nitrogens with one attached hydrogen (secondary N) is 1. The van der Waals surface area contributed by atoms with Crippen molar-refractivity contribution in [3.8, 4) is 0 Å². The van der Waals surface area contributed by atoms with E-state index in [1.807, 2.05) is 19.2 Å². The van der Waals surface area contributed by atoms with Crippen molar-refractivity contribution < 1.29 is 8.63 Å². The van der Waals surface area contributed by atoms with Gasteiger partial charge in [0.2, 0.25) is 0 Å². The van der Waals surface area contributed by atoms with E-state index in [4.69, 9.17) is 16.0 Å². The highest BCUT2D eigenvalue weighted by Gasteiger charge is 2.09. The molecule has 1 heterocycles. The molecule has 0 amide bonds. The zero-order valence-electron chi connectivity index (χ0n) is 9.98. The predicted molar refractivity (Wildman–Crippen MR) is 73.0 cm³/mol. The van der Waals surface area contributed by atoms with Gasteiger partial charge in [-0.25, -0.2) is 0 Å². The van der Waals surface area contributed by atoms with E-state index in [-0.39, 0.29) is 0 Å². The molecule has 5 heteroatoms. The van der Waals surface area contributed by atoms with Crippen LogP contribution in [0.15, 0.2) is 45.7 Å². The second kappa shape index (κ2) is 6.18. The monoisotopic (exact) mass is 283 g/mol. The van der Waals surface area contributed by atoms with E-state index in [0.29, 0.717) is 22.2 Å². The minimum Gasteiger partial charge on any atom is -0.464 e. The largest absolute Gasteiger partial charge is 0.464 e. The molecule has 2 aromatic rings. The highest BCUT2D eigenvalue weighted by atomic mass is 35.5. The maximum absolute atomic E-state index is 12.1. The van der Waals surface area contributed by atoms with E-state index in [1.165, 1.54) is 0 Å². The smallest absolute Gasteiger partial charge is 0.117 e. The summed E-state index contributed by atoms with van der Waals surface area (Å²) in [6.45, 7) is 0.670. The van der Waals surface area contributed by atoms with Crippen molar-refractivity contribution in [2.75, 3.05) is 7.05 Å². The zero-order chi connectivity index (χ0) is 13.0. The fraction of sp³-hybridized carbons (Fsp3) is 0.231. The molecule has 1 unspecified atom stereocenters. The zero-order valence-corrected chi connectivity index (χ0v) is 11.6. The Morgan fingerprint density at radius 2 is 2.06 bits per heavy atom. The van der Waals surface area contributed by atoms with Crippen molar-refractivity contribution in [2.24, 2.45) is 0 Å². The molecule has 1 aromatic heterocycles. The Kier molecular flexibility index (Phi) is 4.58. The summed E-state index contributed by atoms with van der Waals surface area (Å²) in [7, 11) is 0.720. The van der Waals surface area contributed by atoms with Crippen molar-refractivity contribution in [1.82, 2.24) is 5.32 Å². The number of benzene rings is 1. The molecule has 2 rings (SSSR count). The van der Waals surface area contributed by atoms with Crippen molar-refractivity contribution >= 4 is 22.4 Å². The van der Waals surface area contributed by atoms with Crippen molar-refractivity contribution in [2.45, 2.75) is 17.2 Å². The molecule has 3 nitrogen and oxygen atoms in total. The standard InChI is InChI=1S/C13H14ClNO2S/c1-15-8-11-5-6-12(17-11)9-18(16)13-4-2-3-10(14)7-13/h2-7,15H,8-9H2,1H3. The van der Waals surface area contributed by atoms with Crippen LogP contribution in [0.2, 0.25) is 5.02 Å². The van der Waals surface area contributed by atoms with Crippen LogP contribution in [-0.2, 0) is 23.1 Å². The van der Waals surface area contributed by atoms with Gasteiger partial charge in [-0.05, 0) is 37.4 Å². The Balaban J connectivity index is 2.06. The molecule has 0 fully saturated rings. The van der Waals surface area contributed by atoms with Crippen LogP contribution in [0, 0.1) is 0 Å². The molecule has 0 spiro atoms. The second-order valence-corrected chi connectivity index (χ2v) is 5.73. The summed E-state index contributed by atoms with van der Waals surface area (Å²) < 4.78 is 17.7. The summed E-state index contributed by atoms with van der Waals surface area (Å²) in [5, 5.41) is 3.60. The summed E-state index contributed by atoms with van der Waals surface area (Å²) in [6, 6.07) is 10.8. The Morgan fingerprint density at radius 3 is 2.78 bits per heavy atom. The van der Waals surface area contributed by atoms with Gasteiger partial charge in [0.1, 0.15) is 11.5 Å². The van der Waals surface area contributed by atoms with Crippen LogP contribution in [-0.4, -0.2) is 11.3 Å². The van der Waals surface area contributed by atoms with Crippen molar-refractivity contribution in [3.63, 3.8) is 0 Å². The van der Waals surface area contributed by atoms with Gasteiger partial charge in [0, 0.05) is 9.92 Å². The molecular formula is C13H14ClNO2S. The highest BCUT2D eigenvalue weighted by Crippen LogP contribution is 2.18. The Labute approximate surface area is 114 Å². The Morgan fingerprint density at radius 1 is 1.28 bits per heavy atom. The van der Waals surface area contributed by atoms with Gasteiger partial charge in [-0.15, -0.1) is 0 Å². The van der Waals surface area contributed by atoms with E-state index in [0.717, 1.165) is 11.5 Å². The van der Waals surface area contributed by atoms with Crippen LogP contribution < -0.4 is 5.32 Å². The lowest BCUT2D eigenvalue weighted by Crippen LogP contribution is -2.03. The summed E-state index contributed by atoms with van der Waals surface area (Å²) in [5.74, 6) is 1.93. The van der Waals surface area contributed by atoms with Crippen LogP contribution >= 0.6 is 11.6 Å². The van der Waals surface area contributed by atoms with E-state index < -0.39 is 10.8 Å². The average Bonchev–Trinajstić information content (AvgIpc) is 2.77. The lowest BCUT2D eigenvalue weighted by molar-refractivity contribution is 0.467. The molecule has 18 heavy (non-hydrogen) atoms. The van der Waals surface area contributed by atoms with E-state index in [1.54, 1.807) is 24.3 Å². The molecule has 0 radical (unpaired) electrons. The topological polar surface area (TPSA) is 42.2 Å². The third-order valence-corrected chi connectivity index (χ3v) is 3.96. The highest BCUT2D eigenvalue weighted by molar-refractivity contribution is 7.84. The summed E-state index contributed by atoms with van der Waals surface area (Å²) in [5.41, 5.74) is 0. The second-order valence-electron chi connectivity index (χ2n) is 3.85. The fourth-order valence-corrected chi connectivity index (χ4v) is 2.91. The number of hydrogen-bond donors (Lipinski definition) is 1. The van der Waals surface area contributed by atoms with Crippen LogP contribution in [0.25, 0.3) is 0 Å². The normalized spacial score (nSPS) is 12.6. The number of furan rings is 1. The van der Waals surface area contributed by atoms with Crippen LogP contribution in [0.5, 0.6) is 0 Å². The SMILES string of the molecule is CNCc1ccc(CS(=O)c2cccc(Cl)c2)o1. The number of rotatable bonds is 5. The first-order valence-corrected chi connectivity index (χ1v) is 7.25. The molecule has 0 aliphatic heterocycles. The van der Waals surface area contributed by atoms with Gasteiger partial charge in [-0.3, -0.25) is 4.21 Å². The van der Waals surface area contributed by atoms with Crippen molar-refractivity contribution in [1.29, 1.82) is 0 Å². The first kappa shape index (κ1) is 13.3. The van der Waals surface area contributed by atoms with Crippen LogP contribution in [0.3, 0.4) is 0 Å². The van der Waals surface area contributed by atoms with E-state index in [2.05, 4.69) is 5.32 Å². The minimum atomic E-state index is -1.13. The minimum absolute atomic E-state index is 0.365. The van der Waals surface area contributed by atoms with E-state index >= 15 is 0 Å². The average molecular weight is 284 g/mol. The Bertz CT molecular complexity index is 553.